The molecule has 1 unspecified atom stereocenters. The summed E-state index contributed by atoms with van der Waals surface area (Å²) in [5.41, 5.74) is 1.53. The Labute approximate surface area is 153 Å². The fourth-order valence-corrected chi connectivity index (χ4v) is 2.26. The Hall–Kier alpha value is -2.89. The molecule has 0 aliphatic rings. The molecule has 138 valence electrons. The number of pyridine rings is 1. The topological polar surface area (TPSA) is 77.5 Å². The van der Waals surface area contributed by atoms with Gasteiger partial charge < -0.3 is 14.8 Å². The van der Waals surface area contributed by atoms with Crippen LogP contribution in [0.15, 0.2) is 42.6 Å². The second kappa shape index (κ2) is 8.99. The van der Waals surface area contributed by atoms with Gasteiger partial charge in [-0.15, -0.1) is 0 Å². The molecule has 0 saturated heterocycles. The molecule has 2 rings (SSSR count). The Balaban J connectivity index is 1.98. The molecule has 2 aromatic rings. The Morgan fingerprint density at radius 1 is 1.12 bits per heavy atom. The van der Waals surface area contributed by atoms with E-state index in [0.29, 0.717) is 17.2 Å². The van der Waals surface area contributed by atoms with E-state index < -0.39 is 12.1 Å². The summed E-state index contributed by atoms with van der Waals surface area (Å²) in [5.74, 6) is 0.505. The van der Waals surface area contributed by atoms with Crippen molar-refractivity contribution in [3.05, 3.63) is 53.7 Å². The van der Waals surface area contributed by atoms with Crippen molar-refractivity contribution in [1.82, 2.24) is 4.98 Å². The molecular weight excluding hydrogens is 332 g/mol. The molecule has 0 fully saturated rings. The Morgan fingerprint density at radius 3 is 2.42 bits per heavy atom. The molecule has 1 aromatic heterocycles. The Bertz CT molecular complexity index is 757. The van der Waals surface area contributed by atoms with Crippen LogP contribution in [0.4, 0.5) is 5.82 Å². The summed E-state index contributed by atoms with van der Waals surface area (Å²) in [5, 5.41) is 2.65. The number of aromatic nitrogens is 1. The maximum absolute atomic E-state index is 12.3. The highest BCUT2D eigenvalue weighted by molar-refractivity contribution is 5.95. The lowest BCUT2D eigenvalue weighted by Crippen LogP contribution is -2.30. The molecular formula is C20H24N2O4. The zero-order valence-electron chi connectivity index (χ0n) is 15.5. The predicted molar refractivity (Wildman–Crippen MR) is 99.4 cm³/mol. The number of anilines is 1. The van der Waals surface area contributed by atoms with E-state index in [4.69, 9.17) is 9.47 Å². The Kier molecular flexibility index (Phi) is 6.72. The molecule has 0 spiro atoms. The van der Waals surface area contributed by atoms with Crippen molar-refractivity contribution in [1.29, 1.82) is 0 Å². The highest BCUT2D eigenvalue weighted by Gasteiger charge is 2.16. The zero-order valence-corrected chi connectivity index (χ0v) is 15.5. The van der Waals surface area contributed by atoms with Crippen LogP contribution in [0.3, 0.4) is 0 Å². The third-order valence-electron chi connectivity index (χ3n) is 3.75. The minimum atomic E-state index is -0.715. The number of hydrogen-bond donors (Lipinski definition) is 1. The number of hydrogen-bond acceptors (Lipinski definition) is 5. The summed E-state index contributed by atoms with van der Waals surface area (Å²) in [4.78, 5) is 28.1. The number of esters is 1. The van der Waals surface area contributed by atoms with Crippen LogP contribution in [0.5, 0.6) is 5.75 Å². The maximum Gasteiger partial charge on any atom is 0.338 e. The molecule has 0 radical (unpaired) electrons. The molecule has 1 amide bonds. The largest absolute Gasteiger partial charge is 0.481 e. The highest BCUT2D eigenvalue weighted by atomic mass is 16.5. The van der Waals surface area contributed by atoms with Gasteiger partial charge in [0.25, 0.3) is 5.91 Å². The Morgan fingerprint density at radius 2 is 1.81 bits per heavy atom. The number of nitrogens with zero attached hydrogens (tertiary/aromatic N) is 1. The minimum Gasteiger partial charge on any atom is -0.481 e. The van der Waals surface area contributed by atoms with Gasteiger partial charge in [-0.25, -0.2) is 9.78 Å². The number of rotatable bonds is 7. The van der Waals surface area contributed by atoms with Crippen molar-refractivity contribution >= 4 is 17.7 Å². The molecule has 0 saturated carbocycles. The number of carbonyl (C=O) groups excluding carboxylic acids is 2. The van der Waals surface area contributed by atoms with Crippen LogP contribution < -0.4 is 10.1 Å². The maximum atomic E-state index is 12.3. The third-order valence-corrected chi connectivity index (χ3v) is 3.75. The second-order valence-electron chi connectivity index (χ2n) is 6.12. The van der Waals surface area contributed by atoms with E-state index in [1.165, 1.54) is 23.9 Å². The van der Waals surface area contributed by atoms with Crippen molar-refractivity contribution < 1.29 is 19.1 Å². The summed E-state index contributed by atoms with van der Waals surface area (Å²) in [6, 6.07) is 10.7. The summed E-state index contributed by atoms with van der Waals surface area (Å²) in [7, 11) is 0. The first-order chi connectivity index (χ1) is 12.4. The van der Waals surface area contributed by atoms with E-state index in [9.17, 15) is 9.59 Å². The molecule has 6 nitrogen and oxygen atoms in total. The van der Waals surface area contributed by atoms with Crippen LogP contribution in [0.1, 0.15) is 49.5 Å². The van der Waals surface area contributed by atoms with Gasteiger partial charge >= 0.3 is 5.97 Å². The number of ether oxygens (including phenoxy) is 2. The van der Waals surface area contributed by atoms with Crippen molar-refractivity contribution in [3.63, 3.8) is 0 Å². The lowest BCUT2D eigenvalue weighted by atomic mass is 10.0. The van der Waals surface area contributed by atoms with E-state index in [0.717, 1.165) is 0 Å². The fourth-order valence-electron chi connectivity index (χ4n) is 2.26. The van der Waals surface area contributed by atoms with Crippen molar-refractivity contribution in [2.45, 2.75) is 39.7 Å². The van der Waals surface area contributed by atoms with Crippen LogP contribution >= 0.6 is 0 Å². The second-order valence-corrected chi connectivity index (χ2v) is 6.12. The van der Waals surface area contributed by atoms with E-state index in [-0.39, 0.29) is 18.3 Å². The van der Waals surface area contributed by atoms with Gasteiger partial charge in [-0.1, -0.05) is 26.0 Å². The average Bonchev–Trinajstić information content (AvgIpc) is 2.62. The summed E-state index contributed by atoms with van der Waals surface area (Å²) in [6.07, 6.45) is 0.728. The first kappa shape index (κ1) is 19.4. The van der Waals surface area contributed by atoms with Gasteiger partial charge in [0.15, 0.2) is 6.10 Å². The van der Waals surface area contributed by atoms with Crippen molar-refractivity contribution in [2.75, 3.05) is 11.9 Å². The van der Waals surface area contributed by atoms with Gasteiger partial charge in [-0.2, -0.15) is 0 Å². The molecule has 0 bridgehead atoms. The molecule has 1 aromatic carbocycles. The molecule has 0 aliphatic carbocycles. The lowest BCUT2D eigenvalue weighted by molar-refractivity contribution is -0.122. The van der Waals surface area contributed by atoms with Crippen LogP contribution in [0.25, 0.3) is 0 Å². The quantitative estimate of drug-likeness (QED) is 0.764. The number of carbonyl (C=O) groups is 2. The number of benzene rings is 1. The molecule has 1 N–H and O–H groups in total. The minimum absolute atomic E-state index is 0.270. The van der Waals surface area contributed by atoms with Gasteiger partial charge in [0.2, 0.25) is 0 Å². The monoisotopic (exact) mass is 356 g/mol. The number of nitrogens with one attached hydrogen (secondary N) is 1. The van der Waals surface area contributed by atoms with E-state index in [1.807, 2.05) is 24.3 Å². The van der Waals surface area contributed by atoms with Gasteiger partial charge in [0, 0.05) is 6.20 Å². The fraction of sp³-hybridized carbons (Fsp3) is 0.350. The van der Waals surface area contributed by atoms with Gasteiger partial charge in [-0.05, 0) is 49.6 Å². The average molecular weight is 356 g/mol. The van der Waals surface area contributed by atoms with E-state index >= 15 is 0 Å². The summed E-state index contributed by atoms with van der Waals surface area (Å²) >= 11 is 0. The molecule has 26 heavy (non-hydrogen) atoms. The normalized spacial score (nSPS) is 11.7. The highest BCUT2D eigenvalue weighted by Crippen LogP contribution is 2.19. The lowest BCUT2D eigenvalue weighted by Gasteiger charge is -2.15. The summed E-state index contributed by atoms with van der Waals surface area (Å²) < 4.78 is 10.6. The third kappa shape index (κ3) is 5.31. The van der Waals surface area contributed by atoms with E-state index in [2.05, 4.69) is 24.1 Å². The van der Waals surface area contributed by atoms with Crippen LogP contribution in [-0.2, 0) is 9.53 Å². The van der Waals surface area contributed by atoms with Crippen LogP contribution in [0, 0.1) is 0 Å². The molecule has 1 atom stereocenters. The van der Waals surface area contributed by atoms with Crippen LogP contribution in [-0.4, -0.2) is 29.6 Å². The van der Waals surface area contributed by atoms with Crippen LogP contribution in [0.2, 0.25) is 0 Å². The van der Waals surface area contributed by atoms with Gasteiger partial charge in [0.1, 0.15) is 11.6 Å². The first-order valence-corrected chi connectivity index (χ1v) is 8.61. The first-order valence-electron chi connectivity index (χ1n) is 8.61. The van der Waals surface area contributed by atoms with Crippen molar-refractivity contribution in [3.8, 4) is 5.75 Å². The number of amides is 1. The molecule has 1 heterocycles. The van der Waals surface area contributed by atoms with Crippen molar-refractivity contribution in [2.24, 2.45) is 0 Å². The molecule has 6 heteroatoms. The summed E-state index contributed by atoms with van der Waals surface area (Å²) in [6.45, 7) is 7.89. The standard InChI is InChI=1S/C20H24N2O4/c1-5-25-20(24)16-10-11-21-18(12-16)22-19(23)14(4)26-17-8-6-15(7-9-17)13(2)3/h6-14H,5H2,1-4H3,(H,21,22,23). The van der Waals surface area contributed by atoms with Gasteiger partial charge in [-0.3, -0.25) is 4.79 Å². The van der Waals surface area contributed by atoms with Gasteiger partial charge in [0.05, 0.1) is 12.2 Å². The zero-order chi connectivity index (χ0) is 19.1. The SMILES string of the molecule is CCOC(=O)c1ccnc(NC(=O)C(C)Oc2ccc(C(C)C)cc2)c1. The van der Waals surface area contributed by atoms with E-state index in [1.54, 1.807) is 13.8 Å². The molecule has 0 aliphatic heterocycles. The smallest absolute Gasteiger partial charge is 0.338 e. The predicted octanol–water partition coefficient (Wildman–Crippen LogP) is 3.79.